The molecule has 1 amide bonds. The molecule has 0 spiro atoms. The predicted molar refractivity (Wildman–Crippen MR) is 94.3 cm³/mol. The lowest BCUT2D eigenvalue weighted by Crippen LogP contribution is -2.46. The number of hydrogen-bond acceptors (Lipinski definition) is 2. The van der Waals surface area contributed by atoms with Gasteiger partial charge in [-0.15, -0.1) is 0 Å². The Balaban J connectivity index is 1.52. The van der Waals surface area contributed by atoms with Gasteiger partial charge in [-0.1, -0.05) is 18.2 Å². The van der Waals surface area contributed by atoms with Gasteiger partial charge in [0.25, 0.3) is 5.91 Å². The first-order chi connectivity index (χ1) is 12.2. The molecule has 3 atom stereocenters. The first kappa shape index (κ1) is 16.1. The standard InChI is InChI=1S/C21H22FNO2/c1-25-20-9-5-14(6-10-20)16-12-18-7-8-19(13-16)23(18)21(24)15-3-2-4-17(22)11-15/h2-6,9-11,16,18-19H,7-8,12-13H2,1H3/t16?,18-,19+. The fraction of sp³-hybridized carbons (Fsp3) is 0.381. The second-order valence-electron chi connectivity index (χ2n) is 7.05. The number of hydrogen-bond donors (Lipinski definition) is 0. The first-order valence-electron chi connectivity index (χ1n) is 8.88. The van der Waals surface area contributed by atoms with Gasteiger partial charge in [-0.25, -0.2) is 4.39 Å². The lowest BCUT2D eigenvalue weighted by atomic mass is 9.84. The molecule has 0 aromatic heterocycles. The number of methoxy groups -OCH3 is 1. The highest BCUT2D eigenvalue weighted by Gasteiger charge is 2.43. The topological polar surface area (TPSA) is 29.5 Å². The van der Waals surface area contributed by atoms with Crippen molar-refractivity contribution in [3.05, 3.63) is 65.5 Å². The van der Waals surface area contributed by atoms with Crippen LogP contribution in [-0.4, -0.2) is 30.0 Å². The molecular formula is C21H22FNO2. The van der Waals surface area contributed by atoms with Gasteiger partial charge in [0.1, 0.15) is 11.6 Å². The number of fused-ring (bicyclic) bond motifs is 2. The van der Waals surface area contributed by atoms with E-state index in [1.54, 1.807) is 19.2 Å². The minimum Gasteiger partial charge on any atom is -0.497 e. The molecule has 2 saturated heterocycles. The molecule has 4 heteroatoms. The number of rotatable bonds is 3. The summed E-state index contributed by atoms with van der Waals surface area (Å²) in [5.41, 5.74) is 1.77. The van der Waals surface area contributed by atoms with Crippen molar-refractivity contribution < 1.29 is 13.9 Å². The number of piperidine rings is 1. The van der Waals surface area contributed by atoms with Crippen LogP contribution in [0, 0.1) is 5.82 Å². The van der Waals surface area contributed by atoms with E-state index in [0.29, 0.717) is 11.5 Å². The summed E-state index contributed by atoms with van der Waals surface area (Å²) in [5, 5.41) is 0. The van der Waals surface area contributed by atoms with Gasteiger partial charge < -0.3 is 9.64 Å². The fourth-order valence-electron chi connectivity index (χ4n) is 4.43. The van der Waals surface area contributed by atoms with E-state index in [-0.39, 0.29) is 23.8 Å². The Morgan fingerprint density at radius 1 is 1.08 bits per heavy atom. The summed E-state index contributed by atoms with van der Waals surface area (Å²) >= 11 is 0. The second kappa shape index (κ2) is 6.51. The Kier molecular flexibility index (Phi) is 4.20. The van der Waals surface area contributed by atoms with Crippen molar-refractivity contribution in [2.45, 2.75) is 43.7 Å². The largest absolute Gasteiger partial charge is 0.497 e. The zero-order valence-corrected chi connectivity index (χ0v) is 14.3. The van der Waals surface area contributed by atoms with Gasteiger partial charge in [0.15, 0.2) is 0 Å². The van der Waals surface area contributed by atoms with Crippen LogP contribution in [0.1, 0.15) is 47.5 Å². The SMILES string of the molecule is COc1ccc(C2C[C@H]3CC[C@@H](C2)N3C(=O)c2cccc(F)c2)cc1. The molecule has 130 valence electrons. The molecule has 2 heterocycles. The lowest BCUT2D eigenvalue weighted by Gasteiger charge is -2.39. The van der Waals surface area contributed by atoms with Crippen molar-refractivity contribution in [2.24, 2.45) is 0 Å². The average Bonchev–Trinajstić information content (AvgIpc) is 2.90. The molecule has 2 aromatic rings. The molecule has 2 fully saturated rings. The van der Waals surface area contributed by atoms with Crippen LogP contribution in [0.15, 0.2) is 48.5 Å². The maximum Gasteiger partial charge on any atom is 0.254 e. The summed E-state index contributed by atoms with van der Waals surface area (Å²) in [7, 11) is 1.67. The number of ether oxygens (including phenoxy) is 1. The molecule has 0 aliphatic carbocycles. The monoisotopic (exact) mass is 339 g/mol. The van der Waals surface area contributed by atoms with Gasteiger partial charge in [0, 0.05) is 17.6 Å². The minimum absolute atomic E-state index is 0.0276. The van der Waals surface area contributed by atoms with Crippen LogP contribution in [0.25, 0.3) is 0 Å². The van der Waals surface area contributed by atoms with E-state index >= 15 is 0 Å². The number of halogens is 1. The molecule has 2 bridgehead atoms. The number of carbonyl (C=O) groups is 1. The third-order valence-corrected chi connectivity index (χ3v) is 5.63. The number of benzene rings is 2. The lowest BCUT2D eigenvalue weighted by molar-refractivity contribution is 0.0571. The zero-order chi connectivity index (χ0) is 17.4. The highest BCUT2D eigenvalue weighted by molar-refractivity contribution is 5.95. The Hall–Kier alpha value is -2.36. The van der Waals surface area contributed by atoms with Crippen LogP contribution >= 0.6 is 0 Å². The van der Waals surface area contributed by atoms with E-state index in [1.807, 2.05) is 17.0 Å². The number of nitrogens with zero attached hydrogens (tertiary/aromatic N) is 1. The van der Waals surface area contributed by atoms with E-state index < -0.39 is 0 Å². The zero-order valence-electron chi connectivity index (χ0n) is 14.3. The molecule has 0 saturated carbocycles. The summed E-state index contributed by atoms with van der Waals surface area (Å²) < 4.78 is 18.7. The number of carbonyl (C=O) groups excluding carboxylic acids is 1. The summed E-state index contributed by atoms with van der Waals surface area (Å²) in [6.07, 6.45) is 4.03. The van der Waals surface area contributed by atoms with E-state index in [9.17, 15) is 9.18 Å². The fourth-order valence-corrected chi connectivity index (χ4v) is 4.43. The first-order valence-corrected chi connectivity index (χ1v) is 8.88. The summed E-state index contributed by atoms with van der Waals surface area (Å²) in [5.74, 6) is 0.955. The molecule has 25 heavy (non-hydrogen) atoms. The summed E-state index contributed by atoms with van der Waals surface area (Å²) in [4.78, 5) is 14.9. The van der Waals surface area contributed by atoms with Crippen LogP contribution in [0.5, 0.6) is 5.75 Å². The highest BCUT2D eigenvalue weighted by Crippen LogP contribution is 2.43. The van der Waals surface area contributed by atoms with Crippen molar-refractivity contribution in [1.29, 1.82) is 0 Å². The van der Waals surface area contributed by atoms with Crippen molar-refractivity contribution in [3.8, 4) is 5.75 Å². The van der Waals surface area contributed by atoms with E-state index in [1.165, 1.54) is 17.7 Å². The molecule has 2 aromatic carbocycles. The van der Waals surface area contributed by atoms with Gasteiger partial charge in [-0.2, -0.15) is 0 Å². The van der Waals surface area contributed by atoms with E-state index in [4.69, 9.17) is 4.74 Å². The predicted octanol–water partition coefficient (Wildman–Crippen LogP) is 4.39. The second-order valence-corrected chi connectivity index (χ2v) is 7.05. The maximum atomic E-state index is 13.5. The third-order valence-electron chi connectivity index (χ3n) is 5.63. The average molecular weight is 339 g/mol. The van der Waals surface area contributed by atoms with Crippen LogP contribution < -0.4 is 4.74 Å². The van der Waals surface area contributed by atoms with Crippen molar-refractivity contribution in [3.63, 3.8) is 0 Å². The van der Waals surface area contributed by atoms with Gasteiger partial charge in [0.05, 0.1) is 7.11 Å². The Bertz CT molecular complexity index is 760. The van der Waals surface area contributed by atoms with Crippen LogP contribution in [0.4, 0.5) is 4.39 Å². The minimum atomic E-state index is -0.355. The Morgan fingerprint density at radius 3 is 2.36 bits per heavy atom. The van der Waals surface area contributed by atoms with E-state index in [2.05, 4.69) is 12.1 Å². The molecule has 2 aliphatic heterocycles. The van der Waals surface area contributed by atoms with Gasteiger partial charge in [0.2, 0.25) is 0 Å². The van der Waals surface area contributed by atoms with E-state index in [0.717, 1.165) is 31.4 Å². The van der Waals surface area contributed by atoms with Gasteiger partial charge in [-0.05, 0) is 67.5 Å². The van der Waals surface area contributed by atoms with Crippen LogP contribution in [0.3, 0.4) is 0 Å². The molecule has 0 radical (unpaired) electrons. The maximum absolute atomic E-state index is 13.5. The van der Waals surface area contributed by atoms with Crippen LogP contribution in [0.2, 0.25) is 0 Å². The molecule has 4 rings (SSSR count). The van der Waals surface area contributed by atoms with Crippen molar-refractivity contribution in [1.82, 2.24) is 4.90 Å². The molecule has 2 aliphatic rings. The normalized spacial score (nSPS) is 25.0. The Morgan fingerprint density at radius 2 is 1.76 bits per heavy atom. The van der Waals surface area contributed by atoms with Crippen LogP contribution in [-0.2, 0) is 0 Å². The quantitative estimate of drug-likeness (QED) is 0.830. The molecular weight excluding hydrogens is 317 g/mol. The molecule has 1 unspecified atom stereocenters. The summed E-state index contributed by atoms with van der Waals surface area (Å²) in [6.45, 7) is 0. The number of amides is 1. The smallest absolute Gasteiger partial charge is 0.254 e. The third kappa shape index (κ3) is 3.01. The summed E-state index contributed by atoms with van der Waals surface area (Å²) in [6, 6.07) is 14.8. The molecule has 3 nitrogen and oxygen atoms in total. The molecule has 0 N–H and O–H groups in total. The highest BCUT2D eigenvalue weighted by atomic mass is 19.1. The van der Waals surface area contributed by atoms with Gasteiger partial charge >= 0.3 is 0 Å². The van der Waals surface area contributed by atoms with Crippen molar-refractivity contribution >= 4 is 5.91 Å². The Labute approximate surface area is 147 Å². The van der Waals surface area contributed by atoms with Crippen molar-refractivity contribution in [2.75, 3.05) is 7.11 Å². The van der Waals surface area contributed by atoms with Gasteiger partial charge in [-0.3, -0.25) is 4.79 Å².